The predicted octanol–water partition coefficient (Wildman–Crippen LogP) is 5.49. The van der Waals surface area contributed by atoms with Crippen molar-refractivity contribution in [3.8, 4) is 23.0 Å². The number of azo groups is 1. The van der Waals surface area contributed by atoms with Crippen LogP contribution in [0, 0.1) is 0 Å². The fourth-order valence-electron chi connectivity index (χ4n) is 2.81. The molecule has 2 aromatic carbocycles. The molecule has 9 nitrogen and oxygen atoms in total. The first-order chi connectivity index (χ1) is 15.8. The smallest absolute Gasteiger partial charge is 0.258 e. The number of benzene rings is 2. The van der Waals surface area contributed by atoms with Gasteiger partial charge in [-0.3, -0.25) is 9.59 Å². The molecule has 2 rings (SSSR count). The van der Waals surface area contributed by atoms with E-state index in [0.29, 0.717) is 29.7 Å². The molecule has 0 aliphatic carbocycles. The Labute approximate surface area is 202 Å². The number of rotatable bonds is 11. The van der Waals surface area contributed by atoms with Gasteiger partial charge in [0.25, 0.3) is 5.91 Å². The van der Waals surface area contributed by atoms with Crippen LogP contribution in [0.25, 0.3) is 0 Å². The highest BCUT2D eigenvalue weighted by Gasteiger charge is 2.26. The standard InChI is InChI=1S/C22H25Cl2N3O6/c1-6-32-13-10-16(18(24)17(11-13)33-7-2)26-27-19(12(3)28)22(29)25-15-9-8-14(23)20(30-4)21(15)31-5/h8-11,19H,6-7H2,1-5H3,(H,25,29). The SMILES string of the molecule is CCOc1cc(N=NC(C(C)=O)C(=O)Nc2ccc(Cl)c(OC)c2OC)c(Cl)c(OCC)c1. The third-order valence-electron chi connectivity index (χ3n) is 4.25. The van der Waals surface area contributed by atoms with Gasteiger partial charge in [0.2, 0.25) is 6.04 Å². The number of hydrogen-bond donors (Lipinski definition) is 1. The number of hydrogen-bond acceptors (Lipinski definition) is 8. The normalized spacial score (nSPS) is 11.7. The van der Waals surface area contributed by atoms with Crippen LogP contribution in [0.2, 0.25) is 10.0 Å². The van der Waals surface area contributed by atoms with E-state index in [4.69, 9.17) is 42.1 Å². The van der Waals surface area contributed by atoms with Crippen LogP contribution < -0.4 is 24.3 Å². The average molecular weight is 498 g/mol. The summed E-state index contributed by atoms with van der Waals surface area (Å²) in [5, 5.41) is 11.1. The molecule has 1 N–H and O–H groups in total. The number of nitrogens with zero attached hydrogens (tertiary/aromatic N) is 2. The molecule has 0 spiro atoms. The number of methoxy groups -OCH3 is 2. The summed E-state index contributed by atoms with van der Waals surface area (Å²) in [7, 11) is 2.81. The van der Waals surface area contributed by atoms with Gasteiger partial charge in [-0.1, -0.05) is 23.2 Å². The number of carbonyl (C=O) groups is 2. The highest BCUT2D eigenvalue weighted by atomic mass is 35.5. The zero-order valence-electron chi connectivity index (χ0n) is 18.9. The molecule has 0 saturated heterocycles. The third kappa shape index (κ3) is 6.49. The second kappa shape index (κ2) is 12.3. The lowest BCUT2D eigenvalue weighted by Crippen LogP contribution is -2.32. The van der Waals surface area contributed by atoms with Crippen LogP contribution in [0.5, 0.6) is 23.0 Å². The largest absolute Gasteiger partial charge is 0.494 e. The Balaban J connectivity index is 2.37. The van der Waals surface area contributed by atoms with Crippen molar-refractivity contribution in [1.29, 1.82) is 0 Å². The lowest BCUT2D eigenvalue weighted by atomic mass is 10.2. The van der Waals surface area contributed by atoms with E-state index in [1.54, 1.807) is 19.1 Å². The van der Waals surface area contributed by atoms with Gasteiger partial charge < -0.3 is 24.3 Å². The van der Waals surface area contributed by atoms with E-state index in [9.17, 15) is 9.59 Å². The van der Waals surface area contributed by atoms with Gasteiger partial charge in [0, 0.05) is 12.1 Å². The maximum atomic E-state index is 12.9. The van der Waals surface area contributed by atoms with Gasteiger partial charge in [-0.25, -0.2) is 0 Å². The van der Waals surface area contributed by atoms with E-state index in [0.717, 1.165) is 0 Å². The number of Topliss-reactive ketones (excluding diaryl/α,β-unsaturated/α-hetero) is 1. The Morgan fingerprint density at radius 3 is 2.27 bits per heavy atom. The molecule has 0 aliphatic rings. The molecule has 2 aromatic rings. The van der Waals surface area contributed by atoms with Gasteiger partial charge >= 0.3 is 0 Å². The van der Waals surface area contributed by atoms with Crippen LogP contribution in [-0.2, 0) is 9.59 Å². The quantitative estimate of drug-likeness (QED) is 0.324. The number of nitrogens with one attached hydrogen (secondary N) is 1. The second-order valence-corrected chi connectivity index (χ2v) is 7.29. The zero-order valence-corrected chi connectivity index (χ0v) is 20.4. The fourth-order valence-corrected chi connectivity index (χ4v) is 3.24. The summed E-state index contributed by atoms with van der Waals surface area (Å²) in [6.45, 7) is 5.64. The number of amides is 1. The topological polar surface area (TPSA) is 108 Å². The van der Waals surface area contributed by atoms with Gasteiger partial charge in [0.05, 0.1) is 38.1 Å². The van der Waals surface area contributed by atoms with Crippen LogP contribution in [-0.4, -0.2) is 45.2 Å². The highest BCUT2D eigenvalue weighted by Crippen LogP contribution is 2.41. The molecule has 1 amide bonds. The van der Waals surface area contributed by atoms with Crippen LogP contribution >= 0.6 is 23.2 Å². The second-order valence-electron chi connectivity index (χ2n) is 6.50. The van der Waals surface area contributed by atoms with Crippen molar-refractivity contribution in [3.63, 3.8) is 0 Å². The van der Waals surface area contributed by atoms with Gasteiger partial charge in [-0.05, 0) is 32.9 Å². The first-order valence-corrected chi connectivity index (χ1v) is 10.7. The van der Waals surface area contributed by atoms with Crippen molar-refractivity contribution in [3.05, 3.63) is 34.3 Å². The fraction of sp³-hybridized carbons (Fsp3) is 0.364. The van der Waals surface area contributed by atoms with E-state index < -0.39 is 17.7 Å². The Morgan fingerprint density at radius 2 is 1.70 bits per heavy atom. The summed E-state index contributed by atoms with van der Waals surface area (Å²) in [5.41, 5.74) is 0.441. The highest BCUT2D eigenvalue weighted by molar-refractivity contribution is 6.34. The van der Waals surface area contributed by atoms with E-state index in [1.807, 2.05) is 6.92 Å². The van der Waals surface area contributed by atoms with Crippen molar-refractivity contribution in [2.75, 3.05) is 32.8 Å². The monoisotopic (exact) mass is 497 g/mol. The number of anilines is 1. The summed E-state index contributed by atoms with van der Waals surface area (Å²) in [6, 6.07) is 4.77. The van der Waals surface area contributed by atoms with Crippen molar-refractivity contribution in [2.45, 2.75) is 26.8 Å². The van der Waals surface area contributed by atoms with E-state index in [2.05, 4.69) is 15.5 Å². The lowest BCUT2D eigenvalue weighted by molar-refractivity contribution is -0.126. The molecule has 0 aromatic heterocycles. The van der Waals surface area contributed by atoms with Crippen molar-refractivity contribution >= 4 is 46.3 Å². The summed E-state index contributed by atoms with van der Waals surface area (Å²) < 4.78 is 21.5. The summed E-state index contributed by atoms with van der Waals surface area (Å²) in [5.74, 6) is -0.0105. The number of halogens is 2. The van der Waals surface area contributed by atoms with E-state index >= 15 is 0 Å². The van der Waals surface area contributed by atoms with E-state index in [-0.39, 0.29) is 27.9 Å². The Hall–Kier alpha value is -3.04. The molecule has 11 heteroatoms. The van der Waals surface area contributed by atoms with Crippen molar-refractivity contribution in [2.24, 2.45) is 10.2 Å². The van der Waals surface area contributed by atoms with Crippen LogP contribution in [0.15, 0.2) is 34.5 Å². The van der Waals surface area contributed by atoms with Gasteiger partial charge in [0.15, 0.2) is 17.3 Å². The molecular formula is C22H25Cl2N3O6. The third-order valence-corrected chi connectivity index (χ3v) is 4.93. The average Bonchev–Trinajstić information content (AvgIpc) is 2.77. The first-order valence-electron chi connectivity index (χ1n) is 9.99. The van der Waals surface area contributed by atoms with Crippen LogP contribution in [0.4, 0.5) is 11.4 Å². The molecule has 0 heterocycles. The van der Waals surface area contributed by atoms with Gasteiger partial charge in [0.1, 0.15) is 22.2 Å². The molecule has 178 valence electrons. The van der Waals surface area contributed by atoms with E-state index in [1.165, 1.54) is 33.3 Å². The zero-order chi connectivity index (χ0) is 24.5. The summed E-state index contributed by atoms with van der Waals surface area (Å²) in [6.07, 6.45) is 0. The number of carbonyl (C=O) groups excluding carboxylic acids is 2. The number of ether oxygens (including phenoxy) is 4. The first kappa shape index (κ1) is 26.2. The minimum Gasteiger partial charge on any atom is -0.494 e. The Bertz CT molecular complexity index is 1050. The minimum absolute atomic E-state index is 0.177. The minimum atomic E-state index is -1.45. The number of ketones is 1. The van der Waals surface area contributed by atoms with Gasteiger partial charge in [-0.15, -0.1) is 0 Å². The summed E-state index contributed by atoms with van der Waals surface area (Å²) in [4.78, 5) is 25.0. The van der Waals surface area contributed by atoms with Gasteiger partial charge in [-0.2, -0.15) is 10.2 Å². The lowest BCUT2D eigenvalue weighted by Gasteiger charge is -2.16. The molecule has 1 atom stereocenters. The van der Waals surface area contributed by atoms with Crippen molar-refractivity contribution < 1.29 is 28.5 Å². The molecular weight excluding hydrogens is 473 g/mol. The molecule has 0 saturated carbocycles. The molecule has 1 unspecified atom stereocenters. The van der Waals surface area contributed by atoms with Crippen molar-refractivity contribution in [1.82, 2.24) is 0 Å². The molecule has 0 aliphatic heterocycles. The molecule has 0 bridgehead atoms. The summed E-state index contributed by atoms with van der Waals surface area (Å²) >= 11 is 12.5. The Kier molecular flexibility index (Phi) is 9.74. The maximum Gasteiger partial charge on any atom is 0.258 e. The Morgan fingerprint density at radius 1 is 1.03 bits per heavy atom. The molecule has 0 fully saturated rings. The van der Waals surface area contributed by atoms with Crippen LogP contribution in [0.1, 0.15) is 20.8 Å². The van der Waals surface area contributed by atoms with Crippen LogP contribution in [0.3, 0.4) is 0 Å². The molecule has 33 heavy (non-hydrogen) atoms. The predicted molar refractivity (Wildman–Crippen MR) is 126 cm³/mol. The maximum absolute atomic E-state index is 12.9. The molecule has 0 radical (unpaired) electrons.